The Morgan fingerprint density at radius 2 is 2.23 bits per heavy atom. The Kier molecular flexibility index (Phi) is 2.93. The van der Waals surface area contributed by atoms with Crippen molar-refractivity contribution in [3.05, 3.63) is 10.9 Å². The molecular formula is C9H14N2OS. The molecule has 1 aromatic heterocycles. The van der Waals surface area contributed by atoms with Gasteiger partial charge >= 0.3 is 0 Å². The van der Waals surface area contributed by atoms with Gasteiger partial charge in [0, 0.05) is 6.04 Å². The van der Waals surface area contributed by atoms with Gasteiger partial charge in [-0.25, -0.2) is 0 Å². The Bertz CT molecular complexity index is 307. The Morgan fingerprint density at radius 3 is 2.54 bits per heavy atom. The van der Waals surface area contributed by atoms with Crippen LogP contribution in [0.15, 0.2) is 5.38 Å². The Hall–Kier alpha value is -1.03. The van der Waals surface area contributed by atoms with Crippen LogP contribution in [0.5, 0.6) is 0 Å². The highest BCUT2D eigenvalue weighted by molar-refractivity contribution is 7.15. The lowest BCUT2D eigenvalue weighted by Gasteiger charge is -2.20. The molecule has 0 aliphatic heterocycles. The van der Waals surface area contributed by atoms with Gasteiger partial charge in [-0.05, 0) is 31.7 Å². The lowest BCUT2D eigenvalue weighted by atomic mass is 10.3. The minimum absolute atomic E-state index is 0.151. The number of carbonyl (C=O) groups is 1. The van der Waals surface area contributed by atoms with Gasteiger partial charge in [0.25, 0.3) is 0 Å². The molecule has 1 heterocycles. The van der Waals surface area contributed by atoms with E-state index in [4.69, 9.17) is 5.73 Å². The number of amides is 1. The maximum absolute atomic E-state index is 10.8. The summed E-state index contributed by atoms with van der Waals surface area (Å²) >= 11 is 1.51. The zero-order valence-corrected chi connectivity index (χ0v) is 8.89. The van der Waals surface area contributed by atoms with Crippen LogP contribution in [0.3, 0.4) is 0 Å². The molecule has 0 aromatic carbocycles. The van der Waals surface area contributed by atoms with E-state index < -0.39 is 0 Å². The molecule has 72 valence electrons. The first-order valence-corrected chi connectivity index (χ1v) is 5.03. The molecule has 0 radical (unpaired) electrons. The first kappa shape index (κ1) is 10.1. The van der Waals surface area contributed by atoms with E-state index in [1.54, 1.807) is 4.90 Å². The van der Waals surface area contributed by atoms with E-state index in [2.05, 4.69) is 0 Å². The van der Waals surface area contributed by atoms with Gasteiger partial charge in [-0.3, -0.25) is 4.79 Å². The number of nitrogen functional groups attached to an aromatic ring is 1. The van der Waals surface area contributed by atoms with Gasteiger partial charge in [0.1, 0.15) is 5.00 Å². The predicted octanol–water partition coefficient (Wildman–Crippen LogP) is 2.01. The van der Waals surface area contributed by atoms with Crippen LogP contribution in [0.1, 0.15) is 19.4 Å². The van der Waals surface area contributed by atoms with Crippen LogP contribution < -0.4 is 10.6 Å². The second kappa shape index (κ2) is 3.79. The van der Waals surface area contributed by atoms with Crippen molar-refractivity contribution in [3.8, 4) is 0 Å². The third-order valence-corrected chi connectivity index (χ3v) is 3.03. The largest absolute Gasteiger partial charge is 0.396 e. The van der Waals surface area contributed by atoms with Gasteiger partial charge in [-0.15, -0.1) is 11.3 Å². The highest BCUT2D eigenvalue weighted by atomic mass is 32.1. The average molecular weight is 198 g/mol. The van der Waals surface area contributed by atoms with Crippen LogP contribution in [0.25, 0.3) is 0 Å². The molecule has 1 rings (SSSR count). The summed E-state index contributed by atoms with van der Waals surface area (Å²) < 4.78 is 0. The standard InChI is InChI=1S/C9H14N2OS/c1-6(2)11(5-12)9-8(10)7(3)4-13-9/h4-6H,10H2,1-3H3. The maximum Gasteiger partial charge on any atom is 0.215 e. The van der Waals surface area contributed by atoms with E-state index in [0.717, 1.165) is 17.0 Å². The Morgan fingerprint density at radius 1 is 1.62 bits per heavy atom. The maximum atomic E-state index is 10.8. The molecule has 0 aliphatic carbocycles. The zero-order valence-electron chi connectivity index (χ0n) is 8.07. The van der Waals surface area contributed by atoms with Crippen LogP contribution >= 0.6 is 11.3 Å². The number of anilines is 2. The van der Waals surface area contributed by atoms with Gasteiger partial charge in [-0.2, -0.15) is 0 Å². The van der Waals surface area contributed by atoms with E-state index in [1.807, 2.05) is 26.2 Å². The molecule has 0 aliphatic rings. The van der Waals surface area contributed by atoms with Crippen LogP contribution in [0.2, 0.25) is 0 Å². The summed E-state index contributed by atoms with van der Waals surface area (Å²) in [5.74, 6) is 0. The fraction of sp³-hybridized carbons (Fsp3) is 0.444. The van der Waals surface area contributed by atoms with Crippen LogP contribution in [-0.4, -0.2) is 12.5 Å². The highest BCUT2D eigenvalue weighted by Crippen LogP contribution is 2.33. The number of hydrogen-bond acceptors (Lipinski definition) is 3. The number of nitrogens with two attached hydrogens (primary N) is 1. The van der Waals surface area contributed by atoms with Crippen molar-refractivity contribution in [2.45, 2.75) is 26.8 Å². The summed E-state index contributed by atoms with van der Waals surface area (Å²) in [6.45, 7) is 5.87. The fourth-order valence-electron chi connectivity index (χ4n) is 1.04. The molecule has 0 unspecified atom stereocenters. The topological polar surface area (TPSA) is 46.3 Å². The van der Waals surface area contributed by atoms with Gasteiger partial charge < -0.3 is 10.6 Å². The summed E-state index contributed by atoms with van der Waals surface area (Å²) in [6.07, 6.45) is 0.826. The Balaban J connectivity index is 3.04. The van der Waals surface area contributed by atoms with Crippen LogP contribution in [-0.2, 0) is 4.79 Å². The predicted molar refractivity (Wildman–Crippen MR) is 57.1 cm³/mol. The third kappa shape index (κ3) is 1.83. The third-order valence-electron chi connectivity index (χ3n) is 1.91. The molecule has 0 fully saturated rings. The highest BCUT2D eigenvalue weighted by Gasteiger charge is 2.15. The van der Waals surface area contributed by atoms with Crippen LogP contribution in [0, 0.1) is 6.92 Å². The van der Waals surface area contributed by atoms with Gasteiger partial charge in [-0.1, -0.05) is 0 Å². The Labute approximate surface area is 82.2 Å². The van der Waals surface area contributed by atoms with Crippen molar-refractivity contribution >= 4 is 28.4 Å². The summed E-state index contributed by atoms with van der Waals surface area (Å²) in [5.41, 5.74) is 7.58. The molecule has 0 spiro atoms. The fourth-order valence-corrected chi connectivity index (χ4v) is 2.12. The van der Waals surface area contributed by atoms with Crippen molar-refractivity contribution in [2.75, 3.05) is 10.6 Å². The van der Waals surface area contributed by atoms with E-state index >= 15 is 0 Å². The van der Waals surface area contributed by atoms with Crippen molar-refractivity contribution in [3.63, 3.8) is 0 Å². The SMILES string of the molecule is Cc1csc(N(C=O)C(C)C)c1N. The minimum atomic E-state index is 0.151. The number of carbonyl (C=O) groups excluding carboxylic acids is 1. The number of hydrogen-bond donors (Lipinski definition) is 1. The summed E-state index contributed by atoms with van der Waals surface area (Å²) in [7, 11) is 0. The molecule has 0 atom stereocenters. The molecule has 1 aromatic rings. The van der Waals surface area contributed by atoms with Crippen LogP contribution in [0.4, 0.5) is 10.7 Å². The molecular weight excluding hydrogens is 184 g/mol. The van der Waals surface area contributed by atoms with E-state index in [0.29, 0.717) is 5.69 Å². The van der Waals surface area contributed by atoms with Crippen molar-refractivity contribution in [1.82, 2.24) is 0 Å². The van der Waals surface area contributed by atoms with Gasteiger partial charge in [0.05, 0.1) is 5.69 Å². The monoisotopic (exact) mass is 198 g/mol. The van der Waals surface area contributed by atoms with E-state index in [9.17, 15) is 4.79 Å². The molecule has 3 nitrogen and oxygen atoms in total. The van der Waals surface area contributed by atoms with Crippen molar-refractivity contribution in [1.29, 1.82) is 0 Å². The first-order chi connectivity index (χ1) is 6.07. The van der Waals surface area contributed by atoms with Gasteiger partial charge in [0.2, 0.25) is 6.41 Å². The number of aryl methyl sites for hydroxylation is 1. The number of thiophene rings is 1. The molecule has 13 heavy (non-hydrogen) atoms. The average Bonchev–Trinajstić information content (AvgIpc) is 2.37. The number of rotatable bonds is 3. The quantitative estimate of drug-likeness (QED) is 0.755. The summed E-state index contributed by atoms with van der Waals surface area (Å²) in [4.78, 5) is 12.4. The van der Waals surface area contributed by atoms with Crippen molar-refractivity contribution in [2.24, 2.45) is 0 Å². The van der Waals surface area contributed by atoms with E-state index in [-0.39, 0.29) is 6.04 Å². The normalized spacial score (nSPS) is 10.5. The summed E-state index contributed by atoms with van der Waals surface area (Å²) in [6, 6.07) is 0.151. The molecule has 0 saturated heterocycles. The van der Waals surface area contributed by atoms with Crippen molar-refractivity contribution < 1.29 is 4.79 Å². The second-order valence-corrected chi connectivity index (χ2v) is 4.10. The molecule has 1 amide bonds. The smallest absolute Gasteiger partial charge is 0.215 e. The molecule has 0 bridgehead atoms. The number of nitrogens with zero attached hydrogens (tertiary/aromatic N) is 1. The summed E-state index contributed by atoms with van der Waals surface area (Å²) in [5, 5.41) is 2.81. The lowest BCUT2D eigenvalue weighted by molar-refractivity contribution is -0.107. The molecule has 4 heteroatoms. The lowest BCUT2D eigenvalue weighted by Crippen LogP contribution is -2.28. The first-order valence-electron chi connectivity index (χ1n) is 4.15. The second-order valence-electron chi connectivity index (χ2n) is 3.24. The van der Waals surface area contributed by atoms with Gasteiger partial charge in [0.15, 0.2) is 0 Å². The molecule has 0 saturated carbocycles. The zero-order chi connectivity index (χ0) is 10.0. The van der Waals surface area contributed by atoms with E-state index in [1.165, 1.54) is 11.3 Å². The molecule has 2 N–H and O–H groups in total. The minimum Gasteiger partial charge on any atom is -0.396 e.